The van der Waals surface area contributed by atoms with E-state index in [2.05, 4.69) is 15.3 Å². The van der Waals surface area contributed by atoms with Crippen molar-refractivity contribution < 1.29 is 14.7 Å². The molecule has 1 atom stereocenters. The van der Waals surface area contributed by atoms with Gasteiger partial charge in [0, 0.05) is 11.6 Å². The van der Waals surface area contributed by atoms with E-state index in [-0.39, 0.29) is 18.4 Å². The number of aromatic nitrogens is 2. The second-order valence-electron chi connectivity index (χ2n) is 4.31. The minimum absolute atomic E-state index is 0.0749. The van der Waals surface area contributed by atoms with Gasteiger partial charge in [-0.15, -0.1) is 0 Å². The number of rotatable bonds is 5. The largest absolute Gasteiger partial charge is 0.481 e. The van der Waals surface area contributed by atoms with Crippen LogP contribution in [0.25, 0.3) is 11.0 Å². The third-order valence-corrected chi connectivity index (χ3v) is 2.93. The van der Waals surface area contributed by atoms with E-state index in [0.29, 0.717) is 12.0 Å². The highest BCUT2D eigenvalue weighted by Crippen LogP contribution is 2.12. The number of carboxylic acid groups (broad SMARTS) is 1. The molecule has 6 nitrogen and oxygen atoms in total. The van der Waals surface area contributed by atoms with Gasteiger partial charge in [0.25, 0.3) is 5.91 Å². The number of H-pyrrole nitrogens is 1. The fourth-order valence-corrected chi connectivity index (χ4v) is 1.85. The zero-order valence-corrected chi connectivity index (χ0v) is 10.5. The molecule has 6 heteroatoms. The Kier molecular flexibility index (Phi) is 3.79. The van der Waals surface area contributed by atoms with E-state index < -0.39 is 5.97 Å². The molecule has 0 fully saturated rings. The molecule has 0 aliphatic carbocycles. The van der Waals surface area contributed by atoms with Crippen molar-refractivity contribution in [1.82, 2.24) is 15.3 Å². The smallest absolute Gasteiger partial charge is 0.305 e. The number of hydrogen-bond donors (Lipinski definition) is 3. The predicted molar refractivity (Wildman–Crippen MR) is 69.9 cm³/mol. The summed E-state index contributed by atoms with van der Waals surface area (Å²) in [6.07, 6.45) is 2.06. The maximum atomic E-state index is 12.0. The van der Waals surface area contributed by atoms with Crippen molar-refractivity contribution >= 4 is 22.9 Å². The van der Waals surface area contributed by atoms with Crippen molar-refractivity contribution in [2.45, 2.75) is 25.8 Å². The van der Waals surface area contributed by atoms with E-state index >= 15 is 0 Å². The summed E-state index contributed by atoms with van der Waals surface area (Å²) >= 11 is 0. The van der Waals surface area contributed by atoms with Crippen LogP contribution in [-0.4, -0.2) is 33.0 Å². The maximum absolute atomic E-state index is 12.0. The van der Waals surface area contributed by atoms with Crippen molar-refractivity contribution in [3.05, 3.63) is 30.1 Å². The minimum atomic E-state index is -0.920. The molecule has 1 aromatic heterocycles. The molecule has 0 spiro atoms. The molecule has 1 amide bonds. The number of carbonyl (C=O) groups is 2. The van der Waals surface area contributed by atoms with E-state index in [0.717, 1.165) is 11.0 Å². The van der Waals surface area contributed by atoms with Crippen LogP contribution in [0.3, 0.4) is 0 Å². The van der Waals surface area contributed by atoms with Gasteiger partial charge in [0.2, 0.25) is 0 Å². The summed E-state index contributed by atoms with van der Waals surface area (Å²) < 4.78 is 0. The van der Waals surface area contributed by atoms with Crippen LogP contribution >= 0.6 is 0 Å². The zero-order chi connectivity index (χ0) is 13.8. The Bertz CT molecular complexity index is 606. The van der Waals surface area contributed by atoms with Crippen LogP contribution in [0.1, 0.15) is 30.1 Å². The van der Waals surface area contributed by atoms with E-state index in [1.807, 2.05) is 6.92 Å². The van der Waals surface area contributed by atoms with E-state index in [9.17, 15) is 9.59 Å². The Labute approximate surface area is 109 Å². The molecule has 1 heterocycles. The number of carbonyl (C=O) groups excluding carboxylic acids is 1. The Hall–Kier alpha value is -2.37. The fraction of sp³-hybridized carbons (Fsp3) is 0.308. The van der Waals surface area contributed by atoms with Crippen molar-refractivity contribution in [1.29, 1.82) is 0 Å². The van der Waals surface area contributed by atoms with Gasteiger partial charge in [-0.1, -0.05) is 6.92 Å². The van der Waals surface area contributed by atoms with Gasteiger partial charge in [0.15, 0.2) is 0 Å². The number of aromatic amines is 1. The molecule has 1 unspecified atom stereocenters. The van der Waals surface area contributed by atoms with E-state index in [1.165, 1.54) is 0 Å². The first-order valence-electron chi connectivity index (χ1n) is 6.06. The van der Waals surface area contributed by atoms with Crippen LogP contribution in [-0.2, 0) is 4.79 Å². The molecule has 0 radical (unpaired) electrons. The van der Waals surface area contributed by atoms with Gasteiger partial charge in [-0.05, 0) is 24.6 Å². The average Bonchev–Trinajstić information content (AvgIpc) is 2.84. The van der Waals surface area contributed by atoms with Gasteiger partial charge in [-0.2, -0.15) is 0 Å². The summed E-state index contributed by atoms with van der Waals surface area (Å²) in [6.45, 7) is 1.84. The normalized spacial score (nSPS) is 12.3. The summed E-state index contributed by atoms with van der Waals surface area (Å²) in [5, 5.41) is 11.5. The molecular formula is C13H15N3O3. The number of nitrogens with zero attached hydrogens (tertiary/aromatic N) is 1. The van der Waals surface area contributed by atoms with Crippen LogP contribution in [0.2, 0.25) is 0 Å². The Morgan fingerprint density at radius 1 is 1.47 bits per heavy atom. The maximum Gasteiger partial charge on any atom is 0.305 e. The molecule has 100 valence electrons. The molecule has 3 N–H and O–H groups in total. The second kappa shape index (κ2) is 5.51. The highest BCUT2D eigenvalue weighted by Gasteiger charge is 2.15. The summed E-state index contributed by atoms with van der Waals surface area (Å²) in [7, 11) is 0. The van der Waals surface area contributed by atoms with Gasteiger partial charge in [0.05, 0.1) is 23.8 Å². The monoisotopic (exact) mass is 261 g/mol. The lowest BCUT2D eigenvalue weighted by Gasteiger charge is -2.14. The molecule has 19 heavy (non-hydrogen) atoms. The number of imidazole rings is 1. The molecular weight excluding hydrogens is 246 g/mol. The SMILES string of the molecule is CCC(CC(=O)O)NC(=O)c1ccc2nc[nH]c2c1. The highest BCUT2D eigenvalue weighted by atomic mass is 16.4. The van der Waals surface area contributed by atoms with Crippen LogP contribution in [0.4, 0.5) is 0 Å². The lowest BCUT2D eigenvalue weighted by atomic mass is 10.1. The number of fused-ring (bicyclic) bond motifs is 1. The van der Waals surface area contributed by atoms with Gasteiger partial charge < -0.3 is 15.4 Å². The zero-order valence-electron chi connectivity index (χ0n) is 10.5. The van der Waals surface area contributed by atoms with Crippen molar-refractivity contribution in [3.63, 3.8) is 0 Å². The van der Waals surface area contributed by atoms with Crippen molar-refractivity contribution in [2.24, 2.45) is 0 Å². The van der Waals surface area contributed by atoms with Crippen LogP contribution in [0, 0.1) is 0 Å². The van der Waals surface area contributed by atoms with Crippen LogP contribution in [0.5, 0.6) is 0 Å². The van der Waals surface area contributed by atoms with Gasteiger partial charge in [0.1, 0.15) is 0 Å². The van der Waals surface area contributed by atoms with Gasteiger partial charge >= 0.3 is 5.97 Å². The molecule has 0 bridgehead atoms. The Balaban J connectivity index is 2.11. The third kappa shape index (κ3) is 3.09. The first-order valence-corrected chi connectivity index (χ1v) is 6.06. The topological polar surface area (TPSA) is 95.1 Å². The minimum Gasteiger partial charge on any atom is -0.481 e. The van der Waals surface area contributed by atoms with Gasteiger partial charge in [-0.3, -0.25) is 9.59 Å². The molecule has 2 aromatic rings. The first kappa shape index (κ1) is 13.1. The third-order valence-electron chi connectivity index (χ3n) is 2.93. The summed E-state index contributed by atoms with van der Waals surface area (Å²) in [6, 6.07) is 4.76. The number of amides is 1. The quantitative estimate of drug-likeness (QED) is 0.760. The number of hydrogen-bond acceptors (Lipinski definition) is 3. The fourth-order valence-electron chi connectivity index (χ4n) is 1.85. The Morgan fingerprint density at radius 2 is 2.26 bits per heavy atom. The number of carboxylic acids is 1. The summed E-state index contributed by atoms with van der Waals surface area (Å²) in [5.41, 5.74) is 2.05. The number of nitrogens with one attached hydrogen (secondary N) is 2. The number of benzene rings is 1. The molecule has 0 saturated carbocycles. The average molecular weight is 261 g/mol. The summed E-state index contributed by atoms with van der Waals surface area (Å²) in [5.74, 6) is -1.19. The highest BCUT2D eigenvalue weighted by molar-refractivity contribution is 5.97. The predicted octanol–water partition coefficient (Wildman–Crippen LogP) is 1.55. The molecule has 0 aliphatic heterocycles. The van der Waals surface area contributed by atoms with Crippen LogP contribution in [0.15, 0.2) is 24.5 Å². The van der Waals surface area contributed by atoms with Crippen LogP contribution < -0.4 is 5.32 Å². The van der Waals surface area contributed by atoms with E-state index in [4.69, 9.17) is 5.11 Å². The molecule has 0 saturated heterocycles. The standard InChI is InChI=1S/C13H15N3O3/c1-2-9(6-12(17)18)16-13(19)8-3-4-10-11(5-8)15-7-14-10/h3-5,7,9H,2,6H2,1H3,(H,14,15)(H,16,19)(H,17,18). The van der Waals surface area contributed by atoms with Gasteiger partial charge in [-0.25, -0.2) is 4.98 Å². The van der Waals surface area contributed by atoms with Crippen molar-refractivity contribution in [3.8, 4) is 0 Å². The Morgan fingerprint density at radius 3 is 2.95 bits per heavy atom. The lowest BCUT2D eigenvalue weighted by Crippen LogP contribution is -2.36. The number of aliphatic carboxylic acids is 1. The first-order chi connectivity index (χ1) is 9.10. The van der Waals surface area contributed by atoms with Crippen molar-refractivity contribution in [2.75, 3.05) is 0 Å². The summed E-state index contributed by atoms with van der Waals surface area (Å²) in [4.78, 5) is 29.7. The molecule has 1 aromatic carbocycles. The molecule has 2 rings (SSSR count). The second-order valence-corrected chi connectivity index (χ2v) is 4.31. The van der Waals surface area contributed by atoms with E-state index in [1.54, 1.807) is 24.5 Å². The molecule has 0 aliphatic rings. The lowest BCUT2D eigenvalue weighted by molar-refractivity contribution is -0.137.